The summed E-state index contributed by atoms with van der Waals surface area (Å²) in [4.78, 5) is 6.42. The molecule has 0 aliphatic rings. The zero-order valence-electron chi connectivity index (χ0n) is 4.68. The predicted molar refractivity (Wildman–Crippen MR) is 33.0 cm³/mol. The van der Waals surface area contributed by atoms with Crippen LogP contribution in [-0.2, 0) is 0 Å². The maximum absolute atomic E-state index is 3.67. The Bertz CT molecular complexity index is 70.3. The largest absolute Gasteiger partial charge is 0.412 e. The van der Waals surface area contributed by atoms with E-state index in [4.69, 9.17) is 0 Å². The second-order valence-corrected chi connectivity index (χ2v) is 0.761. The van der Waals surface area contributed by atoms with Crippen molar-refractivity contribution >= 4 is 0 Å². The molecule has 0 spiro atoms. The minimum atomic E-state index is 0. The molecule has 1 aromatic rings. The molecule has 9 N–H and O–H groups in total. The van der Waals surface area contributed by atoms with Gasteiger partial charge in [0.1, 0.15) is 0 Å². The van der Waals surface area contributed by atoms with E-state index in [9.17, 15) is 0 Å². The number of H-pyrrole nitrogens is 1. The summed E-state index contributed by atoms with van der Waals surface area (Å²) < 4.78 is 0. The fourth-order valence-corrected chi connectivity index (χ4v) is 0.215. The molecule has 6 heteroatoms. The third-order valence-corrected chi connectivity index (χ3v) is 0.406. The number of aromatic nitrogens is 2. The lowest BCUT2D eigenvalue weighted by Crippen LogP contribution is -1.44. The highest BCUT2D eigenvalue weighted by atomic mass is 16.0. The van der Waals surface area contributed by atoms with Gasteiger partial charge in [0.25, 0.3) is 0 Å². The van der Waals surface area contributed by atoms with E-state index in [0.717, 1.165) is 0 Å². The molecule has 0 bridgehead atoms. The van der Waals surface area contributed by atoms with Crippen molar-refractivity contribution in [2.24, 2.45) is 0 Å². The summed E-state index contributed by atoms with van der Waals surface area (Å²) in [5.74, 6) is 0. The van der Waals surface area contributed by atoms with Crippen molar-refractivity contribution in [1.82, 2.24) is 9.97 Å². The van der Waals surface area contributed by atoms with E-state index in [2.05, 4.69) is 9.97 Å². The van der Waals surface area contributed by atoms with Crippen LogP contribution in [-0.4, -0.2) is 31.9 Å². The third kappa shape index (κ3) is 11.0. The molecule has 58 valence electrons. The zero-order chi connectivity index (χ0) is 3.54. The molecule has 9 heavy (non-hydrogen) atoms. The summed E-state index contributed by atoms with van der Waals surface area (Å²) in [5, 5.41) is 0. The molecule has 0 radical (unpaired) electrons. The Hall–Kier alpha value is -0.950. The number of hydrogen-bond donors (Lipinski definition) is 1. The quantitative estimate of drug-likeness (QED) is 0.403. The average molecular weight is 140 g/mol. The van der Waals surface area contributed by atoms with Crippen LogP contribution in [0, 0.1) is 0 Å². The van der Waals surface area contributed by atoms with Crippen molar-refractivity contribution in [1.29, 1.82) is 0 Å². The Morgan fingerprint density at radius 1 is 1.00 bits per heavy atom. The fourth-order valence-electron chi connectivity index (χ4n) is 0.215. The number of hydrogen-bond acceptors (Lipinski definition) is 1. The first-order valence-electron chi connectivity index (χ1n) is 1.43. The van der Waals surface area contributed by atoms with E-state index < -0.39 is 0 Å². The highest BCUT2D eigenvalue weighted by Gasteiger charge is 1.56. The normalized spacial score (nSPS) is 4.44. The molecule has 0 amide bonds. The summed E-state index contributed by atoms with van der Waals surface area (Å²) in [5.41, 5.74) is 0. The van der Waals surface area contributed by atoms with Gasteiger partial charge in [-0.1, -0.05) is 0 Å². The molecule has 0 atom stereocenters. The molecule has 0 saturated carbocycles. The molecule has 1 rings (SSSR count). The molecule has 1 heterocycles. The van der Waals surface area contributed by atoms with Crippen molar-refractivity contribution in [3.63, 3.8) is 0 Å². The topological polar surface area (TPSA) is 155 Å². The first-order chi connectivity index (χ1) is 2.50. The number of nitrogens with zero attached hydrogens (tertiary/aromatic N) is 1. The molecule has 6 nitrogen and oxygen atoms in total. The third-order valence-electron chi connectivity index (χ3n) is 0.406. The van der Waals surface area contributed by atoms with Crippen LogP contribution < -0.4 is 0 Å². The number of aromatic amines is 1. The highest BCUT2D eigenvalue weighted by Crippen LogP contribution is 1.62. The lowest BCUT2D eigenvalue weighted by molar-refractivity contribution is 0.823. The monoisotopic (exact) mass is 140 g/mol. The molecular weight excluding hydrogens is 128 g/mol. The van der Waals surface area contributed by atoms with Gasteiger partial charge in [-0.25, -0.2) is 4.98 Å². The second kappa shape index (κ2) is 15.7. The van der Waals surface area contributed by atoms with Crippen LogP contribution in [0.3, 0.4) is 0 Å². The first-order valence-corrected chi connectivity index (χ1v) is 1.43. The van der Waals surface area contributed by atoms with Gasteiger partial charge in [-0.2, -0.15) is 0 Å². The van der Waals surface area contributed by atoms with Crippen molar-refractivity contribution in [2.45, 2.75) is 0 Å². The van der Waals surface area contributed by atoms with Gasteiger partial charge in [0.05, 0.1) is 6.33 Å². The molecule has 0 aliphatic carbocycles. The maximum Gasteiger partial charge on any atom is 0.0919 e. The van der Waals surface area contributed by atoms with Crippen molar-refractivity contribution in [2.75, 3.05) is 0 Å². The van der Waals surface area contributed by atoms with Crippen molar-refractivity contribution in [3.05, 3.63) is 18.7 Å². The van der Waals surface area contributed by atoms with Crippen LogP contribution in [0.2, 0.25) is 0 Å². The smallest absolute Gasteiger partial charge is 0.0919 e. The van der Waals surface area contributed by atoms with E-state index in [-0.39, 0.29) is 21.9 Å². The number of nitrogens with one attached hydrogen (secondary N) is 1. The van der Waals surface area contributed by atoms with E-state index in [1.807, 2.05) is 0 Å². The SMILES string of the molecule is O.O.O.O.c1c[nH]cn1. The Morgan fingerprint density at radius 3 is 1.67 bits per heavy atom. The van der Waals surface area contributed by atoms with Gasteiger partial charge in [0, 0.05) is 12.4 Å². The van der Waals surface area contributed by atoms with Gasteiger partial charge >= 0.3 is 0 Å². The number of imidazole rings is 1. The molecule has 0 aromatic carbocycles. The minimum Gasteiger partial charge on any atom is -0.412 e. The Morgan fingerprint density at radius 2 is 1.56 bits per heavy atom. The van der Waals surface area contributed by atoms with E-state index >= 15 is 0 Å². The van der Waals surface area contributed by atoms with Gasteiger partial charge in [-0.15, -0.1) is 0 Å². The second-order valence-electron chi connectivity index (χ2n) is 0.761. The van der Waals surface area contributed by atoms with Gasteiger partial charge in [0.2, 0.25) is 0 Å². The average Bonchev–Trinajstić information content (AvgIpc) is 1.76. The molecule has 0 unspecified atom stereocenters. The molecule has 0 saturated heterocycles. The minimum absolute atomic E-state index is 0. The fraction of sp³-hybridized carbons (Fsp3) is 0. The summed E-state index contributed by atoms with van der Waals surface area (Å²) in [6, 6.07) is 0. The van der Waals surface area contributed by atoms with Gasteiger partial charge < -0.3 is 26.9 Å². The zero-order valence-corrected chi connectivity index (χ0v) is 4.68. The Balaban J connectivity index is -0.0000000312. The van der Waals surface area contributed by atoms with E-state index in [1.54, 1.807) is 18.7 Å². The van der Waals surface area contributed by atoms with E-state index in [0.29, 0.717) is 0 Å². The van der Waals surface area contributed by atoms with Gasteiger partial charge in [-0.3, -0.25) is 0 Å². The van der Waals surface area contributed by atoms with Crippen LogP contribution in [0.5, 0.6) is 0 Å². The summed E-state index contributed by atoms with van der Waals surface area (Å²) in [7, 11) is 0. The van der Waals surface area contributed by atoms with Crippen LogP contribution >= 0.6 is 0 Å². The molecular formula is C3H12N2O4. The van der Waals surface area contributed by atoms with Crippen molar-refractivity contribution in [3.8, 4) is 0 Å². The maximum atomic E-state index is 3.67. The van der Waals surface area contributed by atoms with Gasteiger partial charge in [-0.05, 0) is 0 Å². The molecule has 0 fully saturated rings. The summed E-state index contributed by atoms with van der Waals surface area (Å²) in [6.07, 6.45) is 5.08. The molecule has 1 aromatic heterocycles. The summed E-state index contributed by atoms with van der Waals surface area (Å²) >= 11 is 0. The Kier molecular flexibility index (Phi) is 42.6. The highest BCUT2D eigenvalue weighted by molar-refractivity contribution is 4.64. The van der Waals surface area contributed by atoms with Crippen LogP contribution in [0.4, 0.5) is 0 Å². The van der Waals surface area contributed by atoms with Crippen LogP contribution in [0.25, 0.3) is 0 Å². The predicted octanol–water partition coefficient (Wildman–Crippen LogP) is -2.89. The lowest BCUT2D eigenvalue weighted by atomic mass is 11.0. The van der Waals surface area contributed by atoms with E-state index in [1.165, 1.54) is 0 Å². The van der Waals surface area contributed by atoms with Crippen LogP contribution in [0.15, 0.2) is 18.7 Å². The number of rotatable bonds is 0. The first kappa shape index (κ1) is 24.4. The molecule has 0 aliphatic heterocycles. The Labute approximate surface area is 51.8 Å². The van der Waals surface area contributed by atoms with Gasteiger partial charge in [0.15, 0.2) is 0 Å². The lowest BCUT2D eigenvalue weighted by Gasteiger charge is -1.46. The standard InChI is InChI=1S/C3H4N2.4H2O/c1-2-5-3-4-1;;;;/h1-3H,(H,4,5);4*1H2. The van der Waals surface area contributed by atoms with Crippen molar-refractivity contribution < 1.29 is 21.9 Å². The summed E-state index contributed by atoms with van der Waals surface area (Å²) in [6.45, 7) is 0. The van der Waals surface area contributed by atoms with Crippen LogP contribution in [0.1, 0.15) is 0 Å².